The zero-order valence-corrected chi connectivity index (χ0v) is 14.9. The van der Waals surface area contributed by atoms with Gasteiger partial charge in [0.15, 0.2) is 0 Å². The van der Waals surface area contributed by atoms with Crippen molar-refractivity contribution in [2.24, 2.45) is 0 Å². The summed E-state index contributed by atoms with van der Waals surface area (Å²) in [5.41, 5.74) is 4.54. The third kappa shape index (κ3) is 2.53. The number of rotatable bonds is 3. The predicted molar refractivity (Wildman–Crippen MR) is 102 cm³/mol. The molecule has 0 aliphatic rings. The van der Waals surface area contributed by atoms with Gasteiger partial charge in [-0.2, -0.15) is 0 Å². The van der Waals surface area contributed by atoms with Crippen molar-refractivity contribution in [3.05, 3.63) is 80.7 Å². The molecule has 0 N–H and O–H groups in total. The highest BCUT2D eigenvalue weighted by molar-refractivity contribution is 6.30. The van der Waals surface area contributed by atoms with Crippen LogP contribution in [0.15, 0.2) is 53.3 Å². The van der Waals surface area contributed by atoms with E-state index in [-0.39, 0.29) is 5.56 Å². The van der Waals surface area contributed by atoms with Crippen LogP contribution < -0.4 is 5.56 Å². The van der Waals surface area contributed by atoms with Gasteiger partial charge in [0, 0.05) is 16.3 Å². The summed E-state index contributed by atoms with van der Waals surface area (Å²) in [7, 11) is 0. The summed E-state index contributed by atoms with van der Waals surface area (Å²) in [6, 6.07) is 15.5. The van der Waals surface area contributed by atoms with Gasteiger partial charge in [-0.15, -0.1) is 0 Å². The molecule has 0 saturated heterocycles. The summed E-state index contributed by atoms with van der Waals surface area (Å²) in [6.07, 6.45) is 0.683. The average molecular weight is 352 g/mol. The molecule has 0 aliphatic heterocycles. The number of imidazole rings is 1. The Bertz CT molecular complexity index is 1160. The van der Waals surface area contributed by atoms with Gasteiger partial charge in [-0.1, -0.05) is 42.8 Å². The Morgan fingerprint density at radius 2 is 1.92 bits per heavy atom. The summed E-state index contributed by atoms with van der Waals surface area (Å²) >= 11 is 6.14. The summed E-state index contributed by atoms with van der Waals surface area (Å²) in [4.78, 5) is 17.7. The zero-order chi connectivity index (χ0) is 17.6. The van der Waals surface area contributed by atoms with E-state index in [9.17, 15) is 4.79 Å². The third-order valence-corrected chi connectivity index (χ3v) is 4.91. The van der Waals surface area contributed by atoms with Crippen LogP contribution in [0.3, 0.4) is 0 Å². The van der Waals surface area contributed by atoms with Gasteiger partial charge in [0.25, 0.3) is 5.56 Å². The Balaban J connectivity index is 2.07. The number of benzene rings is 2. The van der Waals surface area contributed by atoms with Crippen molar-refractivity contribution >= 4 is 28.4 Å². The number of fused-ring (bicyclic) bond motifs is 3. The van der Waals surface area contributed by atoms with Crippen molar-refractivity contribution in [2.75, 3.05) is 0 Å². The lowest BCUT2D eigenvalue weighted by Gasteiger charge is -2.16. The monoisotopic (exact) mass is 351 g/mol. The molecule has 4 aromatic rings. The van der Waals surface area contributed by atoms with Gasteiger partial charge >= 0.3 is 0 Å². The molecule has 2 heterocycles. The van der Waals surface area contributed by atoms with E-state index in [0.717, 1.165) is 27.9 Å². The van der Waals surface area contributed by atoms with Gasteiger partial charge < -0.3 is 4.57 Å². The minimum Gasteiger partial charge on any atom is -0.311 e. The Labute approximate surface area is 150 Å². The number of aromatic nitrogens is 3. The molecule has 4 rings (SSSR count). The van der Waals surface area contributed by atoms with E-state index in [4.69, 9.17) is 16.6 Å². The van der Waals surface area contributed by atoms with Crippen LogP contribution in [0.4, 0.5) is 0 Å². The van der Waals surface area contributed by atoms with Crippen molar-refractivity contribution < 1.29 is 0 Å². The van der Waals surface area contributed by atoms with E-state index >= 15 is 0 Å². The molecule has 5 heteroatoms. The molecule has 0 saturated carbocycles. The molecule has 0 radical (unpaired) electrons. The molecule has 126 valence electrons. The Morgan fingerprint density at radius 3 is 2.68 bits per heavy atom. The van der Waals surface area contributed by atoms with E-state index in [1.165, 1.54) is 0 Å². The SMILES string of the molecule is CCc1c(C)n(Cc2cccc(Cl)c2)c2nc3ccccc3n2c1=O. The first-order valence-electron chi connectivity index (χ1n) is 8.34. The van der Waals surface area contributed by atoms with E-state index in [0.29, 0.717) is 23.8 Å². The second-order valence-electron chi connectivity index (χ2n) is 6.17. The van der Waals surface area contributed by atoms with E-state index in [2.05, 4.69) is 4.57 Å². The lowest BCUT2D eigenvalue weighted by molar-refractivity contribution is 0.734. The van der Waals surface area contributed by atoms with Crippen LogP contribution >= 0.6 is 11.6 Å². The molecular weight excluding hydrogens is 334 g/mol. The van der Waals surface area contributed by atoms with Crippen LogP contribution in [-0.4, -0.2) is 14.0 Å². The van der Waals surface area contributed by atoms with Crippen LogP contribution in [0.2, 0.25) is 5.02 Å². The predicted octanol–water partition coefficient (Wildman–Crippen LogP) is 4.22. The standard InChI is InChI=1S/C20H18ClN3O/c1-3-16-13(2)23(12-14-7-6-8-15(21)11-14)20-22-17-9-4-5-10-18(17)24(20)19(16)25/h4-11H,3,12H2,1-2H3. The quantitative estimate of drug-likeness (QED) is 0.554. The molecule has 0 amide bonds. The average Bonchev–Trinajstić information content (AvgIpc) is 2.99. The van der Waals surface area contributed by atoms with Gasteiger partial charge in [0.05, 0.1) is 17.6 Å². The molecule has 0 bridgehead atoms. The summed E-state index contributed by atoms with van der Waals surface area (Å²) in [5, 5.41) is 0.705. The molecule has 2 aromatic carbocycles. The van der Waals surface area contributed by atoms with Crippen molar-refractivity contribution in [2.45, 2.75) is 26.8 Å². The molecule has 0 spiro atoms. The summed E-state index contributed by atoms with van der Waals surface area (Å²) in [6.45, 7) is 4.62. The van der Waals surface area contributed by atoms with Gasteiger partial charge in [-0.05, 0) is 43.2 Å². The van der Waals surface area contributed by atoms with E-state index in [1.807, 2.05) is 62.4 Å². The van der Waals surface area contributed by atoms with Crippen molar-refractivity contribution in [1.29, 1.82) is 0 Å². The largest absolute Gasteiger partial charge is 0.311 e. The fourth-order valence-electron chi connectivity index (χ4n) is 3.41. The topological polar surface area (TPSA) is 39.3 Å². The number of para-hydroxylation sites is 2. The van der Waals surface area contributed by atoms with Crippen molar-refractivity contribution in [1.82, 2.24) is 14.0 Å². The number of halogens is 1. The second kappa shape index (κ2) is 6.05. The first-order chi connectivity index (χ1) is 12.1. The molecule has 0 atom stereocenters. The number of hydrogen-bond donors (Lipinski definition) is 0. The first kappa shape index (κ1) is 15.9. The molecule has 25 heavy (non-hydrogen) atoms. The highest BCUT2D eigenvalue weighted by atomic mass is 35.5. The lowest BCUT2D eigenvalue weighted by Crippen LogP contribution is -2.25. The smallest absolute Gasteiger partial charge is 0.262 e. The molecule has 0 fully saturated rings. The van der Waals surface area contributed by atoms with E-state index < -0.39 is 0 Å². The second-order valence-corrected chi connectivity index (χ2v) is 6.61. The van der Waals surface area contributed by atoms with Crippen LogP contribution in [0.1, 0.15) is 23.7 Å². The van der Waals surface area contributed by atoms with Crippen LogP contribution in [-0.2, 0) is 13.0 Å². The Hall–Kier alpha value is -2.59. The maximum atomic E-state index is 13.0. The van der Waals surface area contributed by atoms with Crippen molar-refractivity contribution in [3.8, 4) is 0 Å². The van der Waals surface area contributed by atoms with Crippen molar-refractivity contribution in [3.63, 3.8) is 0 Å². The summed E-state index contributed by atoms with van der Waals surface area (Å²) in [5.74, 6) is 0.667. The fourth-order valence-corrected chi connectivity index (χ4v) is 3.62. The third-order valence-electron chi connectivity index (χ3n) is 4.67. The zero-order valence-electron chi connectivity index (χ0n) is 14.2. The highest BCUT2D eigenvalue weighted by Gasteiger charge is 2.17. The maximum Gasteiger partial charge on any atom is 0.262 e. The Morgan fingerprint density at radius 1 is 1.12 bits per heavy atom. The molecule has 2 aromatic heterocycles. The summed E-state index contributed by atoms with van der Waals surface area (Å²) < 4.78 is 3.83. The lowest BCUT2D eigenvalue weighted by atomic mass is 10.1. The minimum absolute atomic E-state index is 0.0195. The van der Waals surface area contributed by atoms with Crippen LogP contribution in [0.5, 0.6) is 0 Å². The molecule has 0 aliphatic carbocycles. The highest BCUT2D eigenvalue weighted by Crippen LogP contribution is 2.20. The van der Waals surface area contributed by atoms with Gasteiger partial charge in [-0.3, -0.25) is 4.79 Å². The molecule has 4 nitrogen and oxygen atoms in total. The van der Waals surface area contributed by atoms with Gasteiger partial charge in [0.1, 0.15) is 0 Å². The van der Waals surface area contributed by atoms with Gasteiger partial charge in [-0.25, -0.2) is 9.38 Å². The van der Waals surface area contributed by atoms with E-state index in [1.54, 1.807) is 4.40 Å². The molecular formula is C20H18ClN3O. The van der Waals surface area contributed by atoms with Crippen LogP contribution in [0, 0.1) is 6.92 Å². The maximum absolute atomic E-state index is 13.0. The first-order valence-corrected chi connectivity index (χ1v) is 8.72. The fraction of sp³-hybridized carbons (Fsp3) is 0.200. The number of hydrogen-bond acceptors (Lipinski definition) is 2. The van der Waals surface area contributed by atoms with Gasteiger partial charge in [0.2, 0.25) is 5.78 Å². The molecule has 0 unspecified atom stereocenters. The Kier molecular flexibility index (Phi) is 3.85. The normalized spacial score (nSPS) is 11.5. The van der Waals surface area contributed by atoms with Crippen LogP contribution in [0.25, 0.3) is 16.8 Å². The minimum atomic E-state index is 0.0195. The number of nitrogens with zero attached hydrogens (tertiary/aromatic N) is 3.